The van der Waals surface area contributed by atoms with Crippen molar-refractivity contribution in [3.05, 3.63) is 11.9 Å². The van der Waals surface area contributed by atoms with Crippen LogP contribution in [0.5, 0.6) is 0 Å². The molecule has 4 aliphatic carbocycles. The zero-order chi connectivity index (χ0) is 14.4. The van der Waals surface area contributed by atoms with Crippen LogP contribution >= 0.6 is 0 Å². The van der Waals surface area contributed by atoms with Crippen LogP contribution in [0.4, 0.5) is 0 Å². The van der Waals surface area contributed by atoms with E-state index in [1.54, 1.807) is 0 Å². The Bertz CT molecular complexity index is 471. The third-order valence-electron chi connectivity index (χ3n) is 6.34. The standard InChI is InChI=1S/C17H28N4/c1-3-4-18-16(15-11-19-20-21(15)2)17-8-12-5-13(9-17)7-14(6-12)10-17/h11-14,16,18H,3-10H2,1-2H3. The van der Waals surface area contributed by atoms with E-state index >= 15 is 0 Å². The lowest BCUT2D eigenvalue weighted by Crippen LogP contribution is -2.52. The molecule has 4 saturated carbocycles. The smallest absolute Gasteiger partial charge is 0.0758 e. The van der Waals surface area contributed by atoms with Crippen LogP contribution in [0.15, 0.2) is 6.20 Å². The van der Waals surface area contributed by atoms with Crippen molar-refractivity contribution in [3.63, 3.8) is 0 Å². The van der Waals surface area contributed by atoms with Crippen molar-refractivity contribution in [2.24, 2.45) is 30.2 Å². The van der Waals surface area contributed by atoms with E-state index in [2.05, 4.69) is 22.6 Å². The SMILES string of the molecule is CCCNC(c1cnnn1C)C12CC3CC(CC(C3)C1)C2. The summed E-state index contributed by atoms with van der Waals surface area (Å²) in [6, 6.07) is 0.450. The zero-order valence-electron chi connectivity index (χ0n) is 13.4. The minimum atomic E-state index is 0.450. The third-order valence-corrected chi connectivity index (χ3v) is 6.34. The summed E-state index contributed by atoms with van der Waals surface area (Å²) >= 11 is 0. The largest absolute Gasteiger partial charge is 0.308 e. The fourth-order valence-corrected chi connectivity index (χ4v) is 6.01. The van der Waals surface area contributed by atoms with Gasteiger partial charge in [-0.3, -0.25) is 4.68 Å². The van der Waals surface area contributed by atoms with Gasteiger partial charge in [-0.2, -0.15) is 0 Å². The van der Waals surface area contributed by atoms with Crippen LogP contribution in [0.2, 0.25) is 0 Å². The van der Waals surface area contributed by atoms with Gasteiger partial charge in [-0.15, -0.1) is 5.10 Å². The normalized spacial score (nSPS) is 38.9. The predicted octanol–water partition coefficient (Wildman–Crippen LogP) is 3.07. The minimum Gasteiger partial charge on any atom is -0.308 e. The molecule has 21 heavy (non-hydrogen) atoms. The van der Waals surface area contributed by atoms with Crippen LogP contribution in [0.3, 0.4) is 0 Å². The summed E-state index contributed by atoms with van der Waals surface area (Å²) in [4.78, 5) is 0. The van der Waals surface area contributed by atoms with E-state index < -0.39 is 0 Å². The summed E-state index contributed by atoms with van der Waals surface area (Å²) in [6.45, 7) is 3.35. The molecule has 0 spiro atoms. The van der Waals surface area contributed by atoms with Crippen molar-refractivity contribution in [2.45, 2.75) is 57.9 Å². The van der Waals surface area contributed by atoms with Gasteiger partial charge in [0.15, 0.2) is 0 Å². The van der Waals surface area contributed by atoms with Gasteiger partial charge in [-0.25, -0.2) is 0 Å². The van der Waals surface area contributed by atoms with Crippen LogP contribution in [0.1, 0.15) is 63.6 Å². The van der Waals surface area contributed by atoms with Crippen molar-refractivity contribution in [1.82, 2.24) is 20.3 Å². The molecule has 1 aromatic rings. The van der Waals surface area contributed by atoms with Crippen molar-refractivity contribution >= 4 is 0 Å². The van der Waals surface area contributed by atoms with Gasteiger partial charge in [0.25, 0.3) is 0 Å². The second-order valence-electron chi connectivity index (χ2n) is 7.95. The van der Waals surface area contributed by atoms with Crippen LogP contribution in [0.25, 0.3) is 0 Å². The van der Waals surface area contributed by atoms with Gasteiger partial charge in [-0.05, 0) is 74.7 Å². The molecule has 4 fully saturated rings. The highest BCUT2D eigenvalue weighted by atomic mass is 15.4. The molecule has 1 N–H and O–H groups in total. The molecule has 4 heteroatoms. The summed E-state index contributed by atoms with van der Waals surface area (Å²) in [5.41, 5.74) is 1.77. The number of rotatable bonds is 5. The van der Waals surface area contributed by atoms with E-state index in [0.717, 1.165) is 24.3 Å². The fourth-order valence-electron chi connectivity index (χ4n) is 6.01. The van der Waals surface area contributed by atoms with Gasteiger partial charge in [0, 0.05) is 7.05 Å². The average molecular weight is 288 g/mol. The molecular weight excluding hydrogens is 260 g/mol. The summed E-state index contributed by atoms with van der Waals surface area (Å²) in [5.74, 6) is 2.97. The van der Waals surface area contributed by atoms with Crippen molar-refractivity contribution < 1.29 is 0 Å². The van der Waals surface area contributed by atoms with Crippen LogP contribution in [0, 0.1) is 23.2 Å². The summed E-state index contributed by atoms with van der Waals surface area (Å²) < 4.78 is 1.99. The Hall–Kier alpha value is -0.900. The molecule has 0 saturated heterocycles. The first kappa shape index (κ1) is 13.7. The van der Waals surface area contributed by atoms with Crippen LogP contribution in [-0.4, -0.2) is 21.5 Å². The topological polar surface area (TPSA) is 42.7 Å². The average Bonchev–Trinajstić information content (AvgIpc) is 2.84. The van der Waals surface area contributed by atoms with E-state index in [1.165, 1.54) is 50.6 Å². The number of aryl methyl sites for hydroxylation is 1. The van der Waals surface area contributed by atoms with E-state index in [0.29, 0.717) is 11.5 Å². The monoisotopic (exact) mass is 288 g/mol. The lowest BCUT2D eigenvalue weighted by molar-refractivity contribution is -0.0761. The van der Waals surface area contributed by atoms with Crippen molar-refractivity contribution in [2.75, 3.05) is 6.54 Å². The molecule has 0 aliphatic heterocycles. The molecule has 0 amide bonds. The quantitative estimate of drug-likeness (QED) is 0.905. The maximum Gasteiger partial charge on any atom is 0.0758 e. The Morgan fingerprint density at radius 3 is 2.33 bits per heavy atom. The summed E-state index contributed by atoms with van der Waals surface area (Å²) in [7, 11) is 2.05. The Labute approximate surface area is 127 Å². The molecule has 4 bridgehead atoms. The lowest BCUT2D eigenvalue weighted by atomic mass is 9.47. The van der Waals surface area contributed by atoms with Gasteiger partial charge in [0.2, 0.25) is 0 Å². The molecule has 0 radical (unpaired) electrons. The molecule has 0 aromatic carbocycles. The molecule has 1 aromatic heterocycles. The lowest BCUT2D eigenvalue weighted by Gasteiger charge is -2.59. The van der Waals surface area contributed by atoms with Crippen molar-refractivity contribution in [3.8, 4) is 0 Å². The first-order chi connectivity index (χ1) is 10.2. The van der Waals surface area contributed by atoms with Crippen LogP contribution < -0.4 is 5.32 Å². The molecule has 4 nitrogen and oxygen atoms in total. The second kappa shape index (κ2) is 5.08. The number of hydrogen-bond donors (Lipinski definition) is 1. The molecule has 116 valence electrons. The number of aromatic nitrogens is 3. The Morgan fingerprint density at radius 2 is 1.86 bits per heavy atom. The fraction of sp³-hybridized carbons (Fsp3) is 0.882. The molecular formula is C17H28N4. The zero-order valence-corrected chi connectivity index (χ0v) is 13.4. The molecule has 1 unspecified atom stereocenters. The van der Waals surface area contributed by atoms with E-state index in [-0.39, 0.29) is 0 Å². The maximum atomic E-state index is 4.20. The Morgan fingerprint density at radius 1 is 1.24 bits per heavy atom. The molecule has 4 aliphatic rings. The second-order valence-corrected chi connectivity index (χ2v) is 7.95. The highest BCUT2D eigenvalue weighted by Crippen LogP contribution is 2.63. The van der Waals surface area contributed by atoms with E-state index in [1.807, 2.05) is 17.9 Å². The van der Waals surface area contributed by atoms with Crippen LogP contribution in [-0.2, 0) is 7.05 Å². The van der Waals surface area contributed by atoms with Gasteiger partial charge in [-0.1, -0.05) is 12.1 Å². The molecule has 5 rings (SSSR count). The summed E-state index contributed by atoms with van der Waals surface area (Å²) in [6.07, 6.45) is 12.0. The third kappa shape index (κ3) is 2.23. The number of nitrogens with one attached hydrogen (secondary N) is 1. The van der Waals surface area contributed by atoms with E-state index in [4.69, 9.17) is 0 Å². The van der Waals surface area contributed by atoms with Crippen molar-refractivity contribution in [1.29, 1.82) is 0 Å². The minimum absolute atomic E-state index is 0.450. The van der Waals surface area contributed by atoms with E-state index in [9.17, 15) is 0 Å². The first-order valence-corrected chi connectivity index (χ1v) is 8.78. The highest BCUT2D eigenvalue weighted by molar-refractivity contribution is 5.14. The first-order valence-electron chi connectivity index (χ1n) is 8.78. The number of hydrogen-bond acceptors (Lipinski definition) is 3. The maximum absolute atomic E-state index is 4.20. The highest BCUT2D eigenvalue weighted by Gasteiger charge is 2.54. The van der Waals surface area contributed by atoms with Gasteiger partial charge in [0.05, 0.1) is 17.9 Å². The molecule has 1 heterocycles. The molecule has 1 atom stereocenters. The van der Waals surface area contributed by atoms with Gasteiger partial charge in [0.1, 0.15) is 0 Å². The number of nitrogens with zero attached hydrogens (tertiary/aromatic N) is 3. The summed E-state index contributed by atoms with van der Waals surface area (Å²) in [5, 5.41) is 12.2. The Kier molecular flexibility index (Phi) is 3.32. The Balaban J connectivity index is 1.68. The predicted molar refractivity (Wildman–Crippen MR) is 82.6 cm³/mol. The van der Waals surface area contributed by atoms with Gasteiger partial charge < -0.3 is 5.32 Å². The van der Waals surface area contributed by atoms with Gasteiger partial charge >= 0.3 is 0 Å².